The van der Waals surface area contributed by atoms with Gasteiger partial charge in [-0.15, -0.1) is 0 Å². The Morgan fingerprint density at radius 1 is 0.892 bits per heavy atom. The highest BCUT2D eigenvalue weighted by atomic mass is 31.2. The molecule has 3 atom stereocenters. The van der Waals surface area contributed by atoms with Crippen LogP contribution in [0.25, 0.3) is 0 Å². The summed E-state index contributed by atoms with van der Waals surface area (Å²) >= 11 is 0. The molecule has 8 nitrogen and oxygen atoms in total. The first-order chi connectivity index (χ1) is 17.5. The summed E-state index contributed by atoms with van der Waals surface area (Å²) in [6.07, 6.45) is 21.7. The quantitative estimate of drug-likeness (QED) is 0.0661. The Kier molecular flexibility index (Phi) is 20.9. The number of likely N-dealkylation sites (N-methyl/N-ethyl adjacent to an activating group) is 1. The number of carbonyl (C=O) groups excluding carboxylic acids is 1. The van der Waals surface area contributed by atoms with Gasteiger partial charge in [0.05, 0.1) is 39.9 Å². The Morgan fingerprint density at radius 2 is 1.46 bits per heavy atom. The molecule has 0 aliphatic rings. The molecule has 9 heteroatoms. The highest BCUT2D eigenvalue weighted by molar-refractivity contribution is 7.47. The van der Waals surface area contributed by atoms with E-state index in [1.54, 1.807) is 6.08 Å². The number of aliphatic hydroxyl groups excluding tert-OH is 1. The SMILES string of the molecule is CCCCC/C=C/CC/C=C/CC/C=C/C(O)C(COP(=O)(O)OCC[N+](C)(C)C)NC(=O)CCCC. The molecule has 37 heavy (non-hydrogen) atoms. The average molecular weight is 546 g/mol. The normalized spacial score (nSPS) is 16.0. The van der Waals surface area contributed by atoms with Crippen LogP contribution in [0, 0.1) is 0 Å². The zero-order chi connectivity index (χ0) is 28.0. The molecule has 0 aromatic heterocycles. The van der Waals surface area contributed by atoms with Gasteiger partial charge in [0.2, 0.25) is 5.91 Å². The van der Waals surface area contributed by atoms with Gasteiger partial charge in [0, 0.05) is 6.42 Å². The molecule has 0 aliphatic carbocycles. The number of unbranched alkanes of at least 4 members (excludes halogenated alkanes) is 6. The number of aliphatic hydroxyl groups is 1. The number of phosphoric acid groups is 1. The average Bonchev–Trinajstić information content (AvgIpc) is 2.82. The highest BCUT2D eigenvalue weighted by Crippen LogP contribution is 2.43. The molecule has 0 spiro atoms. The van der Waals surface area contributed by atoms with Crippen molar-refractivity contribution in [3.05, 3.63) is 36.5 Å². The number of hydrogen-bond acceptors (Lipinski definition) is 5. The van der Waals surface area contributed by atoms with Crippen LogP contribution in [0.1, 0.15) is 84.5 Å². The Morgan fingerprint density at radius 3 is 2.03 bits per heavy atom. The summed E-state index contributed by atoms with van der Waals surface area (Å²) in [5.74, 6) is -0.232. The van der Waals surface area contributed by atoms with E-state index in [-0.39, 0.29) is 19.1 Å². The minimum absolute atomic E-state index is 0.0516. The second-order valence-corrected chi connectivity index (χ2v) is 11.9. The first-order valence-corrected chi connectivity index (χ1v) is 15.4. The van der Waals surface area contributed by atoms with Crippen molar-refractivity contribution in [1.29, 1.82) is 0 Å². The van der Waals surface area contributed by atoms with Crippen LogP contribution in [0.5, 0.6) is 0 Å². The fraction of sp³-hybridized carbons (Fsp3) is 0.750. The number of nitrogens with one attached hydrogen (secondary N) is 1. The van der Waals surface area contributed by atoms with Gasteiger partial charge < -0.3 is 19.8 Å². The molecule has 0 aromatic rings. The molecular formula is C28H54N2O6P+. The molecule has 0 aliphatic heterocycles. The largest absolute Gasteiger partial charge is 0.472 e. The minimum atomic E-state index is -4.31. The lowest BCUT2D eigenvalue weighted by atomic mass is 10.1. The molecule has 3 N–H and O–H groups in total. The summed E-state index contributed by atoms with van der Waals surface area (Å²) in [4.78, 5) is 22.2. The van der Waals surface area contributed by atoms with Crippen molar-refractivity contribution in [1.82, 2.24) is 5.32 Å². The summed E-state index contributed by atoms with van der Waals surface area (Å²) < 4.78 is 23.0. The van der Waals surface area contributed by atoms with Crippen molar-refractivity contribution in [2.24, 2.45) is 0 Å². The number of amides is 1. The number of quaternary nitrogens is 1. The van der Waals surface area contributed by atoms with Crippen LogP contribution in [0.15, 0.2) is 36.5 Å². The Hall–Kier alpha value is -1.28. The summed E-state index contributed by atoms with van der Waals surface area (Å²) in [5, 5.41) is 13.3. The lowest BCUT2D eigenvalue weighted by Crippen LogP contribution is -2.45. The lowest BCUT2D eigenvalue weighted by Gasteiger charge is -2.25. The zero-order valence-electron chi connectivity index (χ0n) is 23.9. The maximum atomic E-state index is 12.3. The van der Waals surface area contributed by atoms with E-state index >= 15 is 0 Å². The van der Waals surface area contributed by atoms with Gasteiger partial charge in [-0.25, -0.2) is 4.57 Å². The summed E-state index contributed by atoms with van der Waals surface area (Å²) in [7, 11) is 1.53. The van der Waals surface area contributed by atoms with E-state index in [0.29, 0.717) is 17.4 Å². The third kappa shape index (κ3) is 23.6. The molecule has 0 fully saturated rings. The Bertz CT molecular complexity index is 718. The molecule has 1 amide bonds. The van der Waals surface area contributed by atoms with Gasteiger partial charge in [0.1, 0.15) is 13.2 Å². The van der Waals surface area contributed by atoms with E-state index in [1.165, 1.54) is 19.3 Å². The van der Waals surface area contributed by atoms with E-state index in [4.69, 9.17) is 9.05 Å². The van der Waals surface area contributed by atoms with Crippen LogP contribution in [0.4, 0.5) is 0 Å². The molecule has 3 unspecified atom stereocenters. The van der Waals surface area contributed by atoms with Crippen LogP contribution in [-0.4, -0.2) is 73.4 Å². The van der Waals surface area contributed by atoms with Crippen molar-refractivity contribution in [3.8, 4) is 0 Å². The maximum absolute atomic E-state index is 12.3. The van der Waals surface area contributed by atoms with Crippen LogP contribution in [0.3, 0.4) is 0 Å². The molecule has 0 aromatic carbocycles. The number of hydrogen-bond donors (Lipinski definition) is 3. The van der Waals surface area contributed by atoms with E-state index in [2.05, 4.69) is 36.5 Å². The molecule has 0 rings (SSSR count). The summed E-state index contributed by atoms with van der Waals surface area (Å²) in [5.41, 5.74) is 0. The Balaban J connectivity index is 4.60. The molecule has 0 saturated heterocycles. The second-order valence-electron chi connectivity index (χ2n) is 10.4. The molecule has 0 heterocycles. The first kappa shape index (κ1) is 35.7. The number of carbonyl (C=O) groups is 1. The van der Waals surface area contributed by atoms with Gasteiger partial charge in [-0.3, -0.25) is 13.8 Å². The third-order valence-corrected chi connectivity index (χ3v) is 6.57. The standard InChI is InChI=1S/C28H53N2O6P/c1-6-8-10-11-12-13-14-15-16-17-18-19-20-21-27(31)26(29-28(32)22-9-7-2)25-36-37(33,34)35-24-23-30(3,4)5/h12-13,16-17,20-21,26-27,31H,6-11,14-15,18-19,22-25H2,1-5H3,(H-,29,32,33,34)/p+1/b13-12+,17-16+,21-20+. The zero-order valence-corrected chi connectivity index (χ0v) is 24.8. The molecule has 0 bridgehead atoms. The van der Waals surface area contributed by atoms with Crippen molar-refractivity contribution in [2.45, 2.75) is 96.6 Å². The molecule has 0 radical (unpaired) electrons. The summed E-state index contributed by atoms with van der Waals surface area (Å²) in [6.45, 7) is 4.44. The fourth-order valence-electron chi connectivity index (χ4n) is 3.22. The molecular weight excluding hydrogens is 491 g/mol. The van der Waals surface area contributed by atoms with Gasteiger partial charge in [-0.1, -0.05) is 69.6 Å². The predicted octanol–water partition coefficient (Wildman–Crippen LogP) is 5.67. The van der Waals surface area contributed by atoms with Crippen molar-refractivity contribution in [2.75, 3.05) is 40.9 Å². The van der Waals surface area contributed by atoms with Crippen LogP contribution in [-0.2, 0) is 18.4 Å². The van der Waals surface area contributed by atoms with Crippen LogP contribution >= 0.6 is 7.82 Å². The van der Waals surface area contributed by atoms with Crippen molar-refractivity contribution < 1.29 is 32.9 Å². The van der Waals surface area contributed by atoms with E-state index in [1.807, 2.05) is 34.1 Å². The maximum Gasteiger partial charge on any atom is 0.472 e. The third-order valence-electron chi connectivity index (χ3n) is 5.59. The van der Waals surface area contributed by atoms with Gasteiger partial charge >= 0.3 is 7.82 Å². The minimum Gasteiger partial charge on any atom is -0.387 e. The summed E-state index contributed by atoms with van der Waals surface area (Å²) in [6, 6.07) is -0.859. The smallest absolute Gasteiger partial charge is 0.387 e. The Labute approximate surface area is 226 Å². The highest BCUT2D eigenvalue weighted by Gasteiger charge is 2.27. The van der Waals surface area contributed by atoms with Crippen LogP contribution < -0.4 is 5.32 Å². The monoisotopic (exact) mass is 545 g/mol. The number of allylic oxidation sites excluding steroid dienone is 5. The van der Waals surface area contributed by atoms with Gasteiger partial charge in [0.15, 0.2) is 0 Å². The van der Waals surface area contributed by atoms with Crippen molar-refractivity contribution in [3.63, 3.8) is 0 Å². The molecule has 0 saturated carbocycles. The lowest BCUT2D eigenvalue weighted by molar-refractivity contribution is -0.870. The first-order valence-electron chi connectivity index (χ1n) is 13.9. The van der Waals surface area contributed by atoms with Crippen LogP contribution in [0.2, 0.25) is 0 Å². The topological polar surface area (TPSA) is 105 Å². The second kappa shape index (κ2) is 21.6. The van der Waals surface area contributed by atoms with Crippen molar-refractivity contribution >= 4 is 13.7 Å². The number of rotatable bonds is 23. The molecule has 216 valence electrons. The van der Waals surface area contributed by atoms with E-state index in [0.717, 1.165) is 44.9 Å². The van der Waals surface area contributed by atoms with E-state index < -0.39 is 20.0 Å². The fourth-order valence-corrected chi connectivity index (χ4v) is 3.96. The van der Waals surface area contributed by atoms with Gasteiger partial charge in [0.25, 0.3) is 0 Å². The van der Waals surface area contributed by atoms with E-state index in [9.17, 15) is 19.4 Å². The number of nitrogens with zero attached hydrogens (tertiary/aromatic N) is 1. The number of phosphoric ester groups is 1. The predicted molar refractivity (Wildman–Crippen MR) is 152 cm³/mol. The van der Waals surface area contributed by atoms with Gasteiger partial charge in [-0.2, -0.15) is 0 Å². The van der Waals surface area contributed by atoms with Gasteiger partial charge in [-0.05, 0) is 44.9 Å².